The first-order valence-corrected chi connectivity index (χ1v) is 6.27. The SMILES string of the molecule is Nc1ccc(NC(=O)NCc2ccccc2F)cc1Cl. The van der Waals surface area contributed by atoms with E-state index in [1.165, 1.54) is 6.07 Å². The highest BCUT2D eigenvalue weighted by Crippen LogP contribution is 2.22. The molecule has 0 atom stereocenters. The molecule has 0 spiro atoms. The van der Waals surface area contributed by atoms with Gasteiger partial charge in [-0.1, -0.05) is 29.8 Å². The summed E-state index contributed by atoms with van der Waals surface area (Å²) in [7, 11) is 0. The van der Waals surface area contributed by atoms with Crippen LogP contribution in [0.5, 0.6) is 0 Å². The summed E-state index contributed by atoms with van der Waals surface area (Å²) < 4.78 is 13.4. The first-order chi connectivity index (χ1) is 9.56. The third-order valence-corrected chi connectivity index (χ3v) is 2.98. The minimum Gasteiger partial charge on any atom is -0.398 e. The lowest BCUT2D eigenvalue weighted by Crippen LogP contribution is -2.28. The highest BCUT2D eigenvalue weighted by atomic mass is 35.5. The molecule has 0 aromatic heterocycles. The van der Waals surface area contributed by atoms with Crippen molar-refractivity contribution in [3.05, 3.63) is 58.9 Å². The standard InChI is InChI=1S/C14H13ClFN3O/c15-11-7-10(5-6-13(11)17)19-14(20)18-8-9-3-1-2-4-12(9)16/h1-7H,8,17H2,(H2,18,19,20). The lowest BCUT2D eigenvalue weighted by Gasteiger charge is -2.09. The Hall–Kier alpha value is -2.27. The zero-order valence-corrected chi connectivity index (χ0v) is 11.2. The maximum atomic E-state index is 13.4. The van der Waals surface area contributed by atoms with Crippen molar-refractivity contribution in [3.8, 4) is 0 Å². The Bertz CT molecular complexity index is 634. The van der Waals surface area contributed by atoms with Gasteiger partial charge in [0.25, 0.3) is 0 Å². The van der Waals surface area contributed by atoms with Gasteiger partial charge < -0.3 is 16.4 Å². The Morgan fingerprint density at radius 2 is 2.00 bits per heavy atom. The second-order valence-corrected chi connectivity index (χ2v) is 4.54. The average Bonchev–Trinajstić information content (AvgIpc) is 2.42. The van der Waals surface area contributed by atoms with Crippen LogP contribution in [0.2, 0.25) is 5.02 Å². The zero-order valence-electron chi connectivity index (χ0n) is 10.5. The minimum atomic E-state index is -0.450. The second-order valence-electron chi connectivity index (χ2n) is 4.14. The van der Waals surface area contributed by atoms with Gasteiger partial charge >= 0.3 is 6.03 Å². The molecular weight excluding hydrogens is 281 g/mol. The predicted octanol–water partition coefficient (Wildman–Crippen LogP) is 3.38. The number of carbonyl (C=O) groups is 1. The number of benzene rings is 2. The highest BCUT2D eigenvalue weighted by molar-refractivity contribution is 6.33. The highest BCUT2D eigenvalue weighted by Gasteiger charge is 2.05. The van der Waals surface area contributed by atoms with Gasteiger partial charge in [0.05, 0.1) is 10.7 Å². The summed E-state index contributed by atoms with van der Waals surface area (Å²) >= 11 is 5.84. The first-order valence-electron chi connectivity index (χ1n) is 5.89. The molecule has 0 unspecified atom stereocenters. The van der Waals surface area contributed by atoms with Crippen LogP contribution in [0, 0.1) is 5.82 Å². The number of hydrogen-bond donors (Lipinski definition) is 3. The van der Waals surface area contributed by atoms with Crippen LogP contribution in [-0.2, 0) is 6.54 Å². The number of urea groups is 1. The lowest BCUT2D eigenvalue weighted by atomic mass is 10.2. The van der Waals surface area contributed by atoms with Gasteiger partial charge in [0.15, 0.2) is 0 Å². The fourth-order valence-corrected chi connectivity index (χ4v) is 1.78. The van der Waals surface area contributed by atoms with Crippen LogP contribution in [0.15, 0.2) is 42.5 Å². The van der Waals surface area contributed by atoms with Crippen molar-refractivity contribution >= 4 is 29.0 Å². The van der Waals surface area contributed by atoms with Crippen molar-refractivity contribution in [1.29, 1.82) is 0 Å². The molecule has 0 radical (unpaired) electrons. The Morgan fingerprint density at radius 1 is 1.25 bits per heavy atom. The molecule has 2 aromatic rings. The summed E-state index contributed by atoms with van der Waals surface area (Å²) in [6.45, 7) is 0.0984. The summed E-state index contributed by atoms with van der Waals surface area (Å²) in [6.07, 6.45) is 0. The van der Waals surface area contributed by atoms with Gasteiger partial charge in [-0.05, 0) is 24.3 Å². The van der Waals surface area contributed by atoms with Crippen molar-refractivity contribution in [3.63, 3.8) is 0 Å². The molecular formula is C14H13ClFN3O. The quantitative estimate of drug-likeness (QED) is 0.759. The summed E-state index contributed by atoms with van der Waals surface area (Å²) in [5.41, 5.74) is 6.93. The molecule has 4 N–H and O–H groups in total. The van der Waals surface area contributed by atoms with E-state index in [9.17, 15) is 9.18 Å². The molecule has 0 bridgehead atoms. The van der Waals surface area contributed by atoms with Gasteiger partial charge in [-0.15, -0.1) is 0 Å². The van der Waals surface area contributed by atoms with Crippen LogP contribution in [-0.4, -0.2) is 6.03 Å². The second kappa shape index (κ2) is 6.25. The Balaban J connectivity index is 1.93. The molecule has 0 saturated heterocycles. The van der Waals surface area contributed by atoms with Gasteiger partial charge in [-0.3, -0.25) is 0 Å². The van der Waals surface area contributed by atoms with E-state index in [2.05, 4.69) is 10.6 Å². The summed E-state index contributed by atoms with van der Waals surface area (Å²) in [6, 6.07) is 10.6. The Morgan fingerprint density at radius 3 is 2.70 bits per heavy atom. The topological polar surface area (TPSA) is 67.1 Å². The molecule has 2 aromatic carbocycles. The summed E-state index contributed by atoms with van der Waals surface area (Å²) in [5, 5.41) is 5.50. The molecule has 2 amide bonds. The lowest BCUT2D eigenvalue weighted by molar-refractivity contribution is 0.251. The average molecular weight is 294 g/mol. The number of anilines is 2. The fraction of sp³-hybridized carbons (Fsp3) is 0.0714. The van der Waals surface area contributed by atoms with Gasteiger partial charge in [0, 0.05) is 17.8 Å². The molecule has 4 nitrogen and oxygen atoms in total. The number of hydrogen-bond acceptors (Lipinski definition) is 2. The molecule has 6 heteroatoms. The van der Waals surface area contributed by atoms with Crippen molar-refractivity contribution in [1.82, 2.24) is 5.32 Å². The Kier molecular flexibility index (Phi) is 4.42. The molecule has 0 saturated carbocycles. The summed E-state index contributed by atoms with van der Waals surface area (Å²) in [5.74, 6) is -0.358. The molecule has 0 aliphatic heterocycles. The van der Waals surface area contributed by atoms with Crippen LogP contribution < -0.4 is 16.4 Å². The molecule has 20 heavy (non-hydrogen) atoms. The normalized spacial score (nSPS) is 10.1. The largest absolute Gasteiger partial charge is 0.398 e. The third-order valence-electron chi connectivity index (χ3n) is 2.66. The third kappa shape index (κ3) is 3.61. The van der Waals surface area contributed by atoms with Gasteiger partial charge in [-0.25, -0.2) is 9.18 Å². The zero-order chi connectivity index (χ0) is 14.5. The number of halogens is 2. The summed E-state index contributed by atoms with van der Waals surface area (Å²) in [4.78, 5) is 11.7. The monoisotopic (exact) mass is 293 g/mol. The van der Waals surface area contributed by atoms with E-state index in [1.807, 2.05) is 0 Å². The van der Waals surface area contributed by atoms with E-state index < -0.39 is 6.03 Å². The molecule has 2 rings (SSSR count). The number of nitrogens with one attached hydrogen (secondary N) is 2. The van der Waals surface area contributed by atoms with Crippen LogP contribution in [0.25, 0.3) is 0 Å². The maximum absolute atomic E-state index is 13.4. The fourth-order valence-electron chi connectivity index (χ4n) is 1.60. The number of nitrogen functional groups attached to an aromatic ring is 1. The molecule has 104 valence electrons. The number of amides is 2. The van der Waals surface area contributed by atoms with Crippen LogP contribution in [0.4, 0.5) is 20.6 Å². The van der Waals surface area contributed by atoms with E-state index in [0.29, 0.717) is 22.0 Å². The molecule has 0 heterocycles. The van der Waals surface area contributed by atoms with Crippen molar-refractivity contribution in [2.45, 2.75) is 6.54 Å². The molecule has 0 aliphatic carbocycles. The maximum Gasteiger partial charge on any atom is 0.319 e. The van der Waals surface area contributed by atoms with E-state index in [1.54, 1.807) is 36.4 Å². The van der Waals surface area contributed by atoms with Crippen molar-refractivity contribution < 1.29 is 9.18 Å². The minimum absolute atomic E-state index is 0.0984. The van der Waals surface area contributed by atoms with Crippen molar-refractivity contribution in [2.24, 2.45) is 0 Å². The van der Waals surface area contributed by atoms with E-state index >= 15 is 0 Å². The molecule has 0 aliphatic rings. The van der Waals surface area contributed by atoms with Gasteiger partial charge in [0.2, 0.25) is 0 Å². The van der Waals surface area contributed by atoms with E-state index in [4.69, 9.17) is 17.3 Å². The van der Waals surface area contributed by atoms with Crippen LogP contribution in [0.3, 0.4) is 0 Å². The number of rotatable bonds is 3. The van der Waals surface area contributed by atoms with E-state index in [0.717, 1.165) is 0 Å². The van der Waals surface area contributed by atoms with Gasteiger partial charge in [0.1, 0.15) is 5.82 Å². The molecule has 0 fully saturated rings. The first kappa shape index (κ1) is 14.1. The van der Waals surface area contributed by atoms with E-state index in [-0.39, 0.29) is 12.4 Å². The number of nitrogens with two attached hydrogens (primary N) is 1. The van der Waals surface area contributed by atoms with Crippen molar-refractivity contribution in [2.75, 3.05) is 11.1 Å². The van der Waals surface area contributed by atoms with Gasteiger partial charge in [-0.2, -0.15) is 0 Å². The number of carbonyl (C=O) groups excluding carboxylic acids is 1. The van der Waals surface area contributed by atoms with Crippen LogP contribution in [0.1, 0.15) is 5.56 Å². The Labute approximate surface area is 120 Å². The van der Waals surface area contributed by atoms with Crippen LogP contribution >= 0.6 is 11.6 Å². The smallest absolute Gasteiger partial charge is 0.319 e. The predicted molar refractivity (Wildman–Crippen MR) is 78.1 cm³/mol.